The summed E-state index contributed by atoms with van der Waals surface area (Å²) in [4.78, 5) is 78.8. The van der Waals surface area contributed by atoms with Gasteiger partial charge in [0.15, 0.2) is 5.82 Å². The van der Waals surface area contributed by atoms with Crippen molar-refractivity contribution in [2.75, 3.05) is 39.9 Å². The van der Waals surface area contributed by atoms with Gasteiger partial charge in [-0.1, -0.05) is 57.2 Å². The molecule has 1 aliphatic rings. The maximum atomic E-state index is 14.6. The second-order valence-corrected chi connectivity index (χ2v) is 16.2. The van der Waals surface area contributed by atoms with Crippen LogP contribution in [0.4, 0.5) is 0 Å². The van der Waals surface area contributed by atoms with E-state index in [4.69, 9.17) is 26.7 Å². The summed E-state index contributed by atoms with van der Waals surface area (Å²) >= 11 is 0. The number of carboxylic acids is 1. The molecule has 62 heavy (non-hydrogen) atoms. The molecular weight excluding hydrogens is 795 g/mol. The summed E-state index contributed by atoms with van der Waals surface area (Å²) in [6.45, 7) is 10.1. The molecule has 4 atom stereocenters. The smallest absolute Gasteiger partial charge is 0.326 e. The van der Waals surface area contributed by atoms with Crippen LogP contribution in [0.2, 0.25) is 0 Å². The van der Waals surface area contributed by atoms with Crippen molar-refractivity contribution in [3.05, 3.63) is 94.8 Å². The standard InChI is InChI=1S/C45H57N9O8/c1-25-33(24-49-39(50-25)28-8-11-30(12-9-28)45(3,4)5)41(56)52-34(15-16-46)43(58)54(6)38-29-10-14-37(62-20-18-48)32(23-29)31-21-27(7-13-36(31)61-19-17-47)22-35(44(59)60)53-40(55)26(2)51-42(38)57/h7-14,21,23-24,26,34-35,38H,15-20,22,46-48H2,1-6H3,(H,51,57)(H,52,56)(H,53,55)(H,59,60)/t26-,34-,35-,38-/m0/s1. The molecule has 4 aromatic rings. The number of likely N-dealkylation sites (N-methyl/N-ethyl adjacent to an activating group) is 1. The van der Waals surface area contributed by atoms with Crippen molar-refractivity contribution in [1.29, 1.82) is 0 Å². The van der Waals surface area contributed by atoms with Gasteiger partial charge in [-0.2, -0.15) is 0 Å². The van der Waals surface area contributed by atoms with Crippen LogP contribution in [0, 0.1) is 6.92 Å². The lowest BCUT2D eigenvalue weighted by Gasteiger charge is -2.32. The predicted molar refractivity (Wildman–Crippen MR) is 233 cm³/mol. The maximum absolute atomic E-state index is 14.6. The van der Waals surface area contributed by atoms with Crippen molar-refractivity contribution in [3.8, 4) is 34.0 Å². The summed E-state index contributed by atoms with van der Waals surface area (Å²) < 4.78 is 12.1. The van der Waals surface area contributed by atoms with Gasteiger partial charge in [0.05, 0.1) is 11.3 Å². The second-order valence-electron chi connectivity index (χ2n) is 16.2. The fourth-order valence-electron chi connectivity index (χ4n) is 7.05. The summed E-state index contributed by atoms with van der Waals surface area (Å²) in [5.41, 5.74) is 21.7. The Morgan fingerprint density at radius 1 is 0.903 bits per heavy atom. The lowest BCUT2D eigenvalue weighted by Crippen LogP contribution is -2.55. The summed E-state index contributed by atoms with van der Waals surface area (Å²) in [6.07, 6.45) is 1.31. The van der Waals surface area contributed by atoms with E-state index in [0.29, 0.717) is 45.3 Å². The van der Waals surface area contributed by atoms with Crippen molar-refractivity contribution in [2.24, 2.45) is 17.2 Å². The van der Waals surface area contributed by atoms with E-state index >= 15 is 0 Å². The highest BCUT2D eigenvalue weighted by atomic mass is 16.5. The SMILES string of the molecule is Cc1nc(-c2ccc(C(C)(C)C)cc2)ncc1C(=O)N[C@@H](CCN)C(=O)N(C)[C@@H]1C(=O)N[C@@H](C)C(=O)N[C@H](C(=O)O)Cc2ccc(OCCN)c(c2)-c2cc1ccc2OCCN. The van der Waals surface area contributed by atoms with Crippen LogP contribution in [-0.4, -0.2) is 108 Å². The molecule has 0 fully saturated rings. The van der Waals surface area contributed by atoms with Gasteiger partial charge in [-0.05, 0) is 73.2 Å². The molecule has 1 aliphatic heterocycles. The molecule has 4 amide bonds. The number of hydrogen-bond acceptors (Lipinski definition) is 12. The number of benzene rings is 3. The molecule has 0 saturated heterocycles. The highest BCUT2D eigenvalue weighted by Gasteiger charge is 2.36. The van der Waals surface area contributed by atoms with Gasteiger partial charge in [0.25, 0.3) is 5.91 Å². The molecule has 330 valence electrons. The van der Waals surface area contributed by atoms with E-state index < -0.39 is 53.8 Å². The molecule has 3 aromatic carbocycles. The Kier molecular flexibility index (Phi) is 15.4. The number of carbonyl (C=O) groups excluding carboxylic acids is 4. The van der Waals surface area contributed by atoms with Gasteiger partial charge in [0.1, 0.15) is 48.9 Å². The van der Waals surface area contributed by atoms with Crippen LogP contribution < -0.4 is 42.6 Å². The largest absolute Gasteiger partial charge is 0.492 e. The van der Waals surface area contributed by atoms with Gasteiger partial charge in [-0.15, -0.1) is 0 Å². The number of nitrogens with two attached hydrogens (primary N) is 3. The number of nitrogens with zero attached hydrogens (tertiary/aromatic N) is 3. The Morgan fingerprint density at radius 2 is 1.53 bits per heavy atom. The lowest BCUT2D eigenvalue weighted by atomic mass is 9.87. The molecule has 0 unspecified atom stereocenters. The summed E-state index contributed by atoms with van der Waals surface area (Å²) in [6, 6.07) is 12.7. The second kappa shape index (κ2) is 20.4. The van der Waals surface area contributed by atoms with Gasteiger partial charge < -0.3 is 52.6 Å². The van der Waals surface area contributed by atoms with Gasteiger partial charge in [0.2, 0.25) is 17.7 Å². The fraction of sp³-hybridized carbons (Fsp3) is 0.400. The number of aryl methyl sites for hydroxylation is 1. The normalized spacial score (nSPS) is 17.1. The zero-order chi connectivity index (χ0) is 45.3. The molecule has 17 nitrogen and oxygen atoms in total. The molecule has 5 rings (SSSR count). The predicted octanol–water partition coefficient (Wildman–Crippen LogP) is 2.37. The average molecular weight is 852 g/mol. The van der Waals surface area contributed by atoms with Gasteiger partial charge in [-0.3, -0.25) is 19.2 Å². The Balaban J connectivity index is 1.54. The number of carbonyl (C=O) groups is 5. The first-order chi connectivity index (χ1) is 29.5. The molecule has 0 radical (unpaired) electrons. The van der Waals surface area contributed by atoms with E-state index in [1.165, 1.54) is 25.1 Å². The molecule has 1 aromatic heterocycles. The minimum absolute atomic E-state index is 0.00155. The molecule has 0 saturated carbocycles. The van der Waals surface area contributed by atoms with Crippen molar-refractivity contribution < 1.29 is 38.6 Å². The van der Waals surface area contributed by atoms with Gasteiger partial charge >= 0.3 is 5.97 Å². The van der Waals surface area contributed by atoms with Gasteiger partial charge in [0, 0.05) is 49.4 Å². The highest BCUT2D eigenvalue weighted by molar-refractivity contribution is 5.99. The minimum atomic E-state index is -1.40. The number of rotatable bonds is 14. The first-order valence-corrected chi connectivity index (χ1v) is 20.5. The first-order valence-electron chi connectivity index (χ1n) is 20.5. The number of amides is 4. The van der Waals surface area contributed by atoms with E-state index in [0.717, 1.165) is 11.1 Å². The summed E-state index contributed by atoms with van der Waals surface area (Å²) in [5.74, 6) is -2.93. The molecule has 0 aliphatic carbocycles. The zero-order valence-electron chi connectivity index (χ0n) is 36.0. The molecule has 17 heteroatoms. The lowest BCUT2D eigenvalue weighted by molar-refractivity contribution is -0.143. The Labute approximate surface area is 361 Å². The van der Waals surface area contributed by atoms with Crippen molar-refractivity contribution in [2.45, 2.75) is 77.0 Å². The van der Waals surface area contributed by atoms with Crippen LogP contribution in [-0.2, 0) is 31.0 Å². The first kappa shape index (κ1) is 46.6. The van der Waals surface area contributed by atoms with E-state index in [1.54, 1.807) is 43.3 Å². The van der Waals surface area contributed by atoms with E-state index in [-0.39, 0.29) is 56.7 Å². The number of aromatic nitrogens is 2. The third-order valence-corrected chi connectivity index (χ3v) is 10.5. The van der Waals surface area contributed by atoms with Crippen LogP contribution in [0.3, 0.4) is 0 Å². The van der Waals surface area contributed by atoms with Crippen LogP contribution in [0.15, 0.2) is 66.9 Å². The van der Waals surface area contributed by atoms with Crippen molar-refractivity contribution >= 4 is 29.6 Å². The number of fused-ring (bicyclic) bond motifs is 5. The van der Waals surface area contributed by atoms with Crippen LogP contribution in [0.25, 0.3) is 22.5 Å². The number of carboxylic acid groups (broad SMARTS) is 1. The number of aliphatic carboxylic acids is 1. The molecular formula is C45H57N9O8. The number of nitrogens with one attached hydrogen (secondary N) is 3. The maximum Gasteiger partial charge on any atom is 0.326 e. The van der Waals surface area contributed by atoms with Crippen LogP contribution >= 0.6 is 0 Å². The number of ether oxygens (including phenoxy) is 2. The monoisotopic (exact) mass is 851 g/mol. The molecule has 2 heterocycles. The van der Waals surface area contributed by atoms with Crippen LogP contribution in [0.5, 0.6) is 11.5 Å². The van der Waals surface area contributed by atoms with E-state index in [1.807, 2.05) is 24.3 Å². The highest BCUT2D eigenvalue weighted by Crippen LogP contribution is 2.40. The third-order valence-electron chi connectivity index (χ3n) is 10.5. The quantitative estimate of drug-likeness (QED) is 0.0962. The van der Waals surface area contributed by atoms with Crippen LogP contribution in [0.1, 0.15) is 72.9 Å². The van der Waals surface area contributed by atoms with Gasteiger partial charge in [-0.25, -0.2) is 14.8 Å². The topological polar surface area (TPSA) is 267 Å². The average Bonchev–Trinajstić information content (AvgIpc) is 3.23. The van der Waals surface area contributed by atoms with Crippen molar-refractivity contribution in [1.82, 2.24) is 30.8 Å². The number of hydrogen-bond donors (Lipinski definition) is 7. The Bertz CT molecular complexity index is 2280. The van der Waals surface area contributed by atoms with E-state index in [2.05, 4.69) is 46.7 Å². The molecule has 10 N–H and O–H groups in total. The Hall–Kier alpha value is -6.43. The third kappa shape index (κ3) is 11.1. The van der Waals surface area contributed by atoms with Crippen molar-refractivity contribution in [3.63, 3.8) is 0 Å². The molecule has 4 bridgehead atoms. The summed E-state index contributed by atoms with van der Waals surface area (Å²) in [7, 11) is 1.40. The summed E-state index contributed by atoms with van der Waals surface area (Å²) in [5, 5.41) is 18.1. The fourth-order valence-corrected chi connectivity index (χ4v) is 7.05. The zero-order valence-corrected chi connectivity index (χ0v) is 36.0. The van der Waals surface area contributed by atoms with E-state index in [9.17, 15) is 29.1 Å². The Morgan fingerprint density at radius 3 is 2.11 bits per heavy atom. The molecule has 0 spiro atoms. The minimum Gasteiger partial charge on any atom is -0.492 e.